The second kappa shape index (κ2) is 8.82. The molecule has 0 atom stereocenters. The molecule has 0 fully saturated rings. The fourth-order valence-electron chi connectivity index (χ4n) is 2.28. The minimum absolute atomic E-state index is 0.580. The van der Waals surface area contributed by atoms with Crippen molar-refractivity contribution in [1.82, 2.24) is 5.32 Å². The zero-order chi connectivity index (χ0) is 15.8. The lowest BCUT2D eigenvalue weighted by Gasteiger charge is -2.14. The van der Waals surface area contributed by atoms with E-state index in [1.54, 1.807) is 0 Å². The van der Waals surface area contributed by atoms with E-state index in [1.807, 2.05) is 30.3 Å². The summed E-state index contributed by atoms with van der Waals surface area (Å²) in [4.78, 5) is 0. The summed E-state index contributed by atoms with van der Waals surface area (Å²) in [5, 5.41) is 4.19. The molecule has 0 heterocycles. The summed E-state index contributed by atoms with van der Waals surface area (Å²) in [5.74, 6) is 0.900. The van der Waals surface area contributed by atoms with Gasteiger partial charge < -0.3 is 10.1 Å². The van der Waals surface area contributed by atoms with Crippen LogP contribution in [0.5, 0.6) is 5.75 Å². The van der Waals surface area contributed by atoms with Crippen molar-refractivity contribution in [3.63, 3.8) is 0 Å². The maximum absolute atomic E-state index is 6.12. The Bertz CT molecular complexity index is 598. The second-order valence-corrected chi connectivity index (χ2v) is 5.93. The highest BCUT2D eigenvalue weighted by Crippen LogP contribution is 2.24. The second-order valence-electron chi connectivity index (χ2n) is 5.50. The molecule has 2 nitrogen and oxygen atoms in total. The molecule has 0 aliphatic heterocycles. The number of benzene rings is 2. The zero-order valence-electron chi connectivity index (χ0n) is 13.4. The van der Waals surface area contributed by atoms with Crippen molar-refractivity contribution in [1.29, 1.82) is 0 Å². The number of hydrogen-bond donors (Lipinski definition) is 1. The molecule has 118 valence electrons. The SMILES string of the molecule is CCCCNCc1cc(Cl)ccc1OCc1ccccc1C. The van der Waals surface area contributed by atoms with Crippen LogP contribution in [0.3, 0.4) is 0 Å². The molecule has 1 N–H and O–H groups in total. The summed E-state index contributed by atoms with van der Waals surface area (Å²) in [7, 11) is 0. The number of hydrogen-bond acceptors (Lipinski definition) is 2. The predicted molar refractivity (Wildman–Crippen MR) is 93.6 cm³/mol. The van der Waals surface area contributed by atoms with E-state index in [2.05, 4.69) is 31.3 Å². The van der Waals surface area contributed by atoms with Crippen LogP contribution in [0.4, 0.5) is 0 Å². The zero-order valence-corrected chi connectivity index (χ0v) is 14.1. The van der Waals surface area contributed by atoms with Crippen molar-refractivity contribution >= 4 is 11.6 Å². The topological polar surface area (TPSA) is 21.3 Å². The van der Waals surface area contributed by atoms with Gasteiger partial charge in [0, 0.05) is 17.1 Å². The summed E-state index contributed by atoms with van der Waals surface area (Å²) in [5.41, 5.74) is 3.57. The van der Waals surface area contributed by atoms with Gasteiger partial charge in [-0.1, -0.05) is 49.2 Å². The monoisotopic (exact) mass is 317 g/mol. The Kier molecular flexibility index (Phi) is 6.75. The maximum atomic E-state index is 6.12. The minimum atomic E-state index is 0.580. The molecule has 0 saturated heterocycles. The van der Waals surface area contributed by atoms with Gasteiger partial charge in [-0.25, -0.2) is 0 Å². The first-order valence-electron chi connectivity index (χ1n) is 7.87. The Labute approximate surface area is 138 Å². The number of halogens is 1. The smallest absolute Gasteiger partial charge is 0.124 e. The van der Waals surface area contributed by atoms with Crippen LogP contribution in [-0.2, 0) is 13.2 Å². The van der Waals surface area contributed by atoms with Gasteiger partial charge in [0.15, 0.2) is 0 Å². The van der Waals surface area contributed by atoms with E-state index >= 15 is 0 Å². The quantitative estimate of drug-likeness (QED) is 0.682. The van der Waals surface area contributed by atoms with Gasteiger partial charge in [-0.15, -0.1) is 0 Å². The van der Waals surface area contributed by atoms with Crippen molar-refractivity contribution in [2.75, 3.05) is 6.54 Å². The van der Waals surface area contributed by atoms with E-state index in [9.17, 15) is 0 Å². The van der Waals surface area contributed by atoms with Gasteiger partial charge in [0.25, 0.3) is 0 Å². The van der Waals surface area contributed by atoms with Crippen LogP contribution >= 0.6 is 11.6 Å². The number of ether oxygens (including phenoxy) is 1. The normalized spacial score (nSPS) is 10.7. The Hall–Kier alpha value is -1.51. The molecule has 0 amide bonds. The Balaban J connectivity index is 2.01. The first-order valence-corrected chi connectivity index (χ1v) is 8.25. The van der Waals surface area contributed by atoms with E-state index in [0.717, 1.165) is 29.4 Å². The standard InChI is InChI=1S/C19H24ClNO/c1-3-4-11-21-13-17-12-18(20)9-10-19(17)22-14-16-8-6-5-7-15(16)2/h5-10,12,21H,3-4,11,13-14H2,1-2H3. The average Bonchev–Trinajstić information content (AvgIpc) is 2.52. The molecule has 0 unspecified atom stereocenters. The van der Waals surface area contributed by atoms with Crippen LogP contribution in [0.15, 0.2) is 42.5 Å². The van der Waals surface area contributed by atoms with Crippen molar-refractivity contribution in [2.45, 2.75) is 39.8 Å². The van der Waals surface area contributed by atoms with Crippen LogP contribution in [0, 0.1) is 6.92 Å². The third kappa shape index (κ3) is 5.04. The fourth-order valence-corrected chi connectivity index (χ4v) is 2.47. The number of nitrogens with one attached hydrogen (secondary N) is 1. The Morgan fingerprint density at radius 3 is 2.68 bits per heavy atom. The van der Waals surface area contributed by atoms with Gasteiger partial charge >= 0.3 is 0 Å². The van der Waals surface area contributed by atoms with Crippen LogP contribution in [0.25, 0.3) is 0 Å². The van der Waals surface area contributed by atoms with Crippen molar-refractivity contribution < 1.29 is 4.74 Å². The number of aryl methyl sites for hydroxylation is 1. The molecule has 22 heavy (non-hydrogen) atoms. The number of unbranched alkanes of at least 4 members (excludes halogenated alkanes) is 1. The summed E-state index contributed by atoms with van der Waals surface area (Å²) >= 11 is 6.12. The molecule has 0 spiro atoms. The highest BCUT2D eigenvalue weighted by molar-refractivity contribution is 6.30. The van der Waals surface area contributed by atoms with Crippen LogP contribution < -0.4 is 10.1 Å². The van der Waals surface area contributed by atoms with Crippen LogP contribution in [-0.4, -0.2) is 6.54 Å². The van der Waals surface area contributed by atoms with Crippen molar-refractivity contribution in [3.8, 4) is 5.75 Å². The van der Waals surface area contributed by atoms with Crippen molar-refractivity contribution in [2.24, 2.45) is 0 Å². The van der Waals surface area contributed by atoms with Gasteiger partial charge in [-0.2, -0.15) is 0 Å². The third-order valence-corrected chi connectivity index (χ3v) is 3.92. The van der Waals surface area contributed by atoms with Crippen LogP contribution in [0.1, 0.15) is 36.5 Å². The largest absolute Gasteiger partial charge is 0.489 e. The summed E-state index contributed by atoms with van der Waals surface area (Å²) in [6, 6.07) is 14.1. The van der Waals surface area contributed by atoms with E-state index in [0.29, 0.717) is 6.61 Å². The molecule has 2 aromatic rings. The molecular weight excluding hydrogens is 294 g/mol. The Morgan fingerprint density at radius 1 is 1.09 bits per heavy atom. The predicted octanol–water partition coefficient (Wildman–Crippen LogP) is 5.12. The lowest BCUT2D eigenvalue weighted by molar-refractivity contribution is 0.301. The number of rotatable bonds is 8. The molecule has 0 aromatic heterocycles. The molecule has 2 aromatic carbocycles. The van der Waals surface area contributed by atoms with E-state index in [4.69, 9.17) is 16.3 Å². The molecular formula is C19H24ClNO. The van der Waals surface area contributed by atoms with Gasteiger partial charge in [0.1, 0.15) is 12.4 Å². The molecule has 3 heteroatoms. The van der Waals surface area contributed by atoms with E-state index in [1.165, 1.54) is 24.0 Å². The van der Waals surface area contributed by atoms with E-state index < -0.39 is 0 Å². The third-order valence-electron chi connectivity index (χ3n) is 3.69. The molecule has 0 aliphatic rings. The van der Waals surface area contributed by atoms with Crippen LogP contribution in [0.2, 0.25) is 5.02 Å². The molecule has 0 aliphatic carbocycles. The Morgan fingerprint density at radius 2 is 1.91 bits per heavy atom. The first-order chi connectivity index (χ1) is 10.7. The average molecular weight is 318 g/mol. The van der Waals surface area contributed by atoms with Gasteiger partial charge in [0.2, 0.25) is 0 Å². The lowest BCUT2D eigenvalue weighted by atomic mass is 10.1. The summed E-state index contributed by atoms with van der Waals surface area (Å²) in [6.07, 6.45) is 2.37. The van der Waals surface area contributed by atoms with Crippen molar-refractivity contribution in [3.05, 3.63) is 64.2 Å². The highest BCUT2D eigenvalue weighted by Gasteiger charge is 2.06. The van der Waals surface area contributed by atoms with Gasteiger partial charge in [0.05, 0.1) is 0 Å². The molecule has 0 radical (unpaired) electrons. The lowest BCUT2D eigenvalue weighted by Crippen LogP contribution is -2.15. The molecule has 0 bridgehead atoms. The first kappa shape index (κ1) is 16.9. The van der Waals surface area contributed by atoms with Gasteiger partial charge in [-0.3, -0.25) is 0 Å². The molecule has 0 saturated carbocycles. The molecule has 2 rings (SSSR count). The minimum Gasteiger partial charge on any atom is -0.489 e. The maximum Gasteiger partial charge on any atom is 0.124 e. The van der Waals surface area contributed by atoms with Gasteiger partial charge in [-0.05, 0) is 49.2 Å². The highest BCUT2D eigenvalue weighted by atomic mass is 35.5. The summed E-state index contributed by atoms with van der Waals surface area (Å²) < 4.78 is 6.02. The summed E-state index contributed by atoms with van der Waals surface area (Å²) in [6.45, 7) is 6.67. The van der Waals surface area contributed by atoms with E-state index in [-0.39, 0.29) is 0 Å². The fraction of sp³-hybridized carbons (Fsp3) is 0.368.